The molecule has 0 saturated carbocycles. The molecule has 0 bridgehead atoms. The zero-order valence-electron chi connectivity index (χ0n) is 17.6. The number of guanidine groups is 1. The summed E-state index contributed by atoms with van der Waals surface area (Å²) >= 11 is 0. The molecule has 7 heteroatoms. The van der Waals surface area contributed by atoms with Crippen molar-refractivity contribution in [2.45, 2.75) is 44.7 Å². The van der Waals surface area contributed by atoms with Gasteiger partial charge in [-0.1, -0.05) is 19.4 Å². The molecule has 1 aliphatic rings. The van der Waals surface area contributed by atoms with Crippen LogP contribution in [0.5, 0.6) is 0 Å². The number of piperidine rings is 1. The molecule has 1 heterocycles. The average molecular weight is 396 g/mol. The van der Waals surface area contributed by atoms with Crippen LogP contribution >= 0.6 is 0 Å². The molecule has 1 fully saturated rings. The third-order valence-electron chi connectivity index (χ3n) is 5.40. The first-order valence-electron chi connectivity index (χ1n) is 10.3. The van der Waals surface area contributed by atoms with Crippen LogP contribution in [0.15, 0.2) is 23.2 Å². The van der Waals surface area contributed by atoms with Crippen LogP contribution in [0.1, 0.15) is 44.2 Å². The highest BCUT2D eigenvalue weighted by Gasteiger charge is 2.23. The van der Waals surface area contributed by atoms with E-state index in [1.54, 1.807) is 7.05 Å². The number of aliphatic imine (C=N–C) groups is 1. The fourth-order valence-electron chi connectivity index (χ4n) is 3.64. The van der Waals surface area contributed by atoms with Crippen LogP contribution in [0.3, 0.4) is 0 Å². The van der Waals surface area contributed by atoms with E-state index in [0.29, 0.717) is 18.5 Å². The molecule has 5 nitrogen and oxygen atoms in total. The fourth-order valence-corrected chi connectivity index (χ4v) is 3.64. The van der Waals surface area contributed by atoms with Crippen molar-refractivity contribution < 1.29 is 8.78 Å². The average Bonchev–Trinajstić information content (AvgIpc) is 2.68. The zero-order chi connectivity index (χ0) is 20.5. The Morgan fingerprint density at radius 1 is 1.25 bits per heavy atom. The Bertz CT molecular complexity index is 607. The van der Waals surface area contributed by atoms with E-state index in [2.05, 4.69) is 27.4 Å². The number of halogens is 2. The first kappa shape index (κ1) is 22.6. The molecule has 2 rings (SSSR count). The Hall–Kier alpha value is -1.73. The first-order chi connectivity index (χ1) is 13.5. The lowest BCUT2D eigenvalue weighted by atomic mass is 10.0. The predicted molar refractivity (Wildman–Crippen MR) is 112 cm³/mol. The van der Waals surface area contributed by atoms with Crippen molar-refractivity contribution in [3.8, 4) is 0 Å². The molecule has 28 heavy (non-hydrogen) atoms. The minimum atomic E-state index is -0.525. The molecular weight excluding hydrogens is 360 g/mol. The quantitative estimate of drug-likeness (QED) is 0.525. The highest BCUT2D eigenvalue weighted by Crippen LogP contribution is 2.23. The maximum absolute atomic E-state index is 14.2. The molecule has 0 spiro atoms. The van der Waals surface area contributed by atoms with Gasteiger partial charge >= 0.3 is 0 Å². The molecule has 1 atom stereocenters. The van der Waals surface area contributed by atoms with E-state index in [9.17, 15) is 8.78 Å². The third-order valence-corrected chi connectivity index (χ3v) is 5.40. The van der Waals surface area contributed by atoms with Crippen molar-refractivity contribution in [2.24, 2.45) is 4.99 Å². The van der Waals surface area contributed by atoms with Crippen molar-refractivity contribution in [1.29, 1.82) is 0 Å². The maximum atomic E-state index is 14.2. The fraction of sp³-hybridized carbons (Fsp3) is 0.667. The van der Waals surface area contributed by atoms with Crippen LogP contribution in [-0.2, 0) is 0 Å². The lowest BCUT2D eigenvalue weighted by molar-refractivity contribution is 0.203. The SMILES string of the molecule is CCCCN1CCC(NC(=NC)NCC(c2c(F)cccc2F)N(C)C)CC1. The number of likely N-dealkylation sites (tertiary alicyclic amines) is 1. The van der Waals surface area contributed by atoms with Crippen molar-refractivity contribution in [2.75, 3.05) is 47.3 Å². The largest absolute Gasteiger partial charge is 0.354 e. The predicted octanol–water partition coefficient (Wildman–Crippen LogP) is 3.00. The van der Waals surface area contributed by atoms with Gasteiger partial charge in [-0.3, -0.25) is 4.99 Å². The zero-order valence-corrected chi connectivity index (χ0v) is 17.6. The summed E-state index contributed by atoms with van der Waals surface area (Å²) in [5.41, 5.74) is 0.0830. The minimum absolute atomic E-state index is 0.0830. The Balaban J connectivity index is 1.90. The summed E-state index contributed by atoms with van der Waals surface area (Å²) in [5.74, 6) is -0.374. The van der Waals surface area contributed by atoms with Gasteiger partial charge in [-0.15, -0.1) is 0 Å². The Kier molecular flexibility index (Phi) is 9.12. The van der Waals surface area contributed by atoms with E-state index in [0.717, 1.165) is 25.9 Å². The van der Waals surface area contributed by atoms with Crippen molar-refractivity contribution in [3.63, 3.8) is 0 Å². The molecule has 1 unspecified atom stereocenters. The van der Waals surface area contributed by atoms with Crippen molar-refractivity contribution in [1.82, 2.24) is 20.4 Å². The number of unbranched alkanes of at least 4 members (excludes halogenated alkanes) is 1. The van der Waals surface area contributed by atoms with Gasteiger partial charge in [0.2, 0.25) is 0 Å². The monoisotopic (exact) mass is 395 g/mol. The van der Waals surface area contributed by atoms with Crippen LogP contribution in [0.2, 0.25) is 0 Å². The van der Waals surface area contributed by atoms with E-state index in [4.69, 9.17) is 0 Å². The minimum Gasteiger partial charge on any atom is -0.354 e. The number of rotatable bonds is 8. The van der Waals surface area contributed by atoms with Crippen LogP contribution in [0, 0.1) is 11.6 Å². The normalized spacial score (nSPS) is 17.8. The Morgan fingerprint density at radius 3 is 2.43 bits per heavy atom. The molecule has 0 aromatic heterocycles. The van der Waals surface area contributed by atoms with Crippen LogP contribution in [0.25, 0.3) is 0 Å². The summed E-state index contributed by atoms with van der Waals surface area (Å²) in [4.78, 5) is 8.62. The number of nitrogens with one attached hydrogen (secondary N) is 2. The number of likely N-dealkylation sites (N-methyl/N-ethyl adjacent to an activating group) is 1. The molecule has 2 N–H and O–H groups in total. The molecule has 1 aromatic carbocycles. The van der Waals surface area contributed by atoms with E-state index >= 15 is 0 Å². The van der Waals surface area contributed by atoms with Crippen LogP contribution in [0.4, 0.5) is 8.78 Å². The summed E-state index contributed by atoms with van der Waals surface area (Å²) in [5, 5.41) is 6.71. The maximum Gasteiger partial charge on any atom is 0.191 e. The smallest absolute Gasteiger partial charge is 0.191 e. The van der Waals surface area contributed by atoms with Gasteiger partial charge in [0.15, 0.2) is 5.96 Å². The topological polar surface area (TPSA) is 42.9 Å². The summed E-state index contributed by atoms with van der Waals surface area (Å²) in [6, 6.07) is 3.92. The number of nitrogens with zero attached hydrogens (tertiary/aromatic N) is 3. The molecule has 0 radical (unpaired) electrons. The van der Waals surface area contributed by atoms with Gasteiger partial charge in [-0.05, 0) is 52.0 Å². The van der Waals surface area contributed by atoms with Crippen molar-refractivity contribution in [3.05, 3.63) is 35.4 Å². The summed E-state index contributed by atoms with van der Waals surface area (Å²) in [6.07, 6.45) is 4.62. The highest BCUT2D eigenvalue weighted by atomic mass is 19.1. The highest BCUT2D eigenvalue weighted by molar-refractivity contribution is 5.80. The molecular formula is C21H35F2N5. The molecule has 0 amide bonds. The van der Waals surface area contributed by atoms with Crippen LogP contribution < -0.4 is 10.6 Å². The number of hydrogen-bond donors (Lipinski definition) is 2. The number of benzene rings is 1. The molecule has 1 aliphatic heterocycles. The van der Waals surface area contributed by atoms with E-state index in [1.807, 2.05) is 19.0 Å². The standard InChI is InChI=1S/C21H35F2N5/c1-5-6-12-28-13-10-16(11-14-28)26-21(24-2)25-15-19(27(3)4)20-17(22)8-7-9-18(20)23/h7-9,16,19H,5-6,10-15H2,1-4H3,(H2,24,25,26). The van der Waals surface area contributed by atoms with Gasteiger partial charge in [0.25, 0.3) is 0 Å². The second-order valence-electron chi connectivity index (χ2n) is 7.68. The Morgan fingerprint density at radius 2 is 1.89 bits per heavy atom. The van der Waals surface area contributed by atoms with Gasteiger partial charge in [0.1, 0.15) is 11.6 Å². The Labute approximate surface area is 168 Å². The second kappa shape index (κ2) is 11.3. The molecule has 1 saturated heterocycles. The van der Waals surface area contributed by atoms with Gasteiger partial charge in [-0.25, -0.2) is 8.78 Å². The lowest BCUT2D eigenvalue weighted by Gasteiger charge is -2.33. The lowest BCUT2D eigenvalue weighted by Crippen LogP contribution is -2.50. The van der Waals surface area contributed by atoms with Gasteiger partial charge < -0.3 is 20.4 Å². The molecule has 0 aliphatic carbocycles. The van der Waals surface area contributed by atoms with Crippen LogP contribution in [-0.4, -0.2) is 69.1 Å². The second-order valence-corrected chi connectivity index (χ2v) is 7.68. The summed E-state index contributed by atoms with van der Waals surface area (Å²) in [7, 11) is 5.36. The van der Waals surface area contributed by atoms with Gasteiger partial charge in [-0.2, -0.15) is 0 Å². The van der Waals surface area contributed by atoms with E-state index in [-0.39, 0.29) is 5.56 Å². The summed E-state index contributed by atoms with van der Waals surface area (Å²) < 4.78 is 28.4. The van der Waals surface area contributed by atoms with E-state index in [1.165, 1.54) is 37.6 Å². The van der Waals surface area contributed by atoms with Gasteiger partial charge in [0, 0.05) is 38.3 Å². The van der Waals surface area contributed by atoms with Crippen molar-refractivity contribution >= 4 is 5.96 Å². The van der Waals surface area contributed by atoms with Gasteiger partial charge in [0.05, 0.1) is 6.04 Å². The molecule has 1 aromatic rings. The van der Waals surface area contributed by atoms with E-state index < -0.39 is 17.7 Å². The number of hydrogen-bond acceptors (Lipinski definition) is 3. The third kappa shape index (κ3) is 6.41. The first-order valence-corrected chi connectivity index (χ1v) is 10.3. The summed E-state index contributed by atoms with van der Waals surface area (Å²) in [6.45, 7) is 5.94. The molecule has 158 valence electrons.